The highest BCUT2D eigenvalue weighted by Crippen LogP contribution is 2.35. The first-order valence-electron chi connectivity index (χ1n) is 5.66. The van der Waals surface area contributed by atoms with Crippen molar-refractivity contribution >= 4 is 23.3 Å². The lowest BCUT2D eigenvalue weighted by molar-refractivity contribution is -0.137. The van der Waals surface area contributed by atoms with Crippen molar-refractivity contribution < 1.29 is 18.0 Å². The summed E-state index contributed by atoms with van der Waals surface area (Å²) in [5.74, 6) is -0.815. The van der Waals surface area contributed by atoms with Gasteiger partial charge in [0.1, 0.15) is 5.82 Å². The van der Waals surface area contributed by atoms with Crippen LogP contribution in [0.15, 0.2) is 24.5 Å². The number of primary amides is 1. The molecule has 1 amide bonds. The molecule has 2 aromatic rings. The third-order valence-corrected chi connectivity index (χ3v) is 3.13. The largest absolute Gasteiger partial charge is 0.417 e. The average molecular weight is 319 g/mol. The van der Waals surface area contributed by atoms with Crippen molar-refractivity contribution in [2.24, 2.45) is 5.73 Å². The van der Waals surface area contributed by atoms with Gasteiger partial charge in [-0.25, -0.2) is 4.98 Å². The molecule has 0 saturated heterocycles. The van der Waals surface area contributed by atoms with Crippen LogP contribution in [0.5, 0.6) is 0 Å². The fourth-order valence-electron chi connectivity index (χ4n) is 1.79. The fourth-order valence-corrected chi connectivity index (χ4v) is 2.02. The minimum Gasteiger partial charge on any atom is -0.383 e. The van der Waals surface area contributed by atoms with Gasteiger partial charge in [0, 0.05) is 0 Å². The van der Waals surface area contributed by atoms with E-state index in [4.69, 9.17) is 23.1 Å². The van der Waals surface area contributed by atoms with Crippen LogP contribution in [0, 0.1) is 0 Å². The second-order valence-corrected chi connectivity index (χ2v) is 4.69. The van der Waals surface area contributed by atoms with Crippen LogP contribution < -0.4 is 11.5 Å². The normalized spacial score (nSPS) is 11.6. The summed E-state index contributed by atoms with van der Waals surface area (Å²) in [6.45, 7) is 0.00631. The van der Waals surface area contributed by atoms with Gasteiger partial charge in [-0.1, -0.05) is 17.7 Å². The number of halogens is 4. The molecule has 0 fully saturated rings. The Morgan fingerprint density at radius 3 is 2.57 bits per heavy atom. The Kier molecular flexibility index (Phi) is 3.82. The van der Waals surface area contributed by atoms with Crippen LogP contribution in [0.1, 0.15) is 21.6 Å². The lowest BCUT2D eigenvalue weighted by atomic mass is 10.1. The van der Waals surface area contributed by atoms with Crippen molar-refractivity contribution in [3.63, 3.8) is 0 Å². The maximum absolute atomic E-state index is 12.8. The van der Waals surface area contributed by atoms with Gasteiger partial charge in [0.15, 0.2) is 5.69 Å². The second kappa shape index (κ2) is 5.28. The highest BCUT2D eigenvalue weighted by Gasteiger charge is 2.33. The third-order valence-electron chi connectivity index (χ3n) is 2.80. The van der Waals surface area contributed by atoms with E-state index in [0.717, 1.165) is 12.1 Å². The molecular weight excluding hydrogens is 309 g/mol. The lowest BCUT2D eigenvalue weighted by Gasteiger charge is -2.12. The molecule has 5 nitrogen and oxygen atoms in total. The Labute approximate surface area is 122 Å². The standard InChI is InChI=1S/C12H10ClF3N4O/c13-8-2-1-6(3-7(8)12(14,15)16)4-20-5-19-9(10(20)17)11(18)21/h1-3,5H,4,17H2,(H2,18,21). The maximum atomic E-state index is 12.8. The molecule has 0 saturated carbocycles. The van der Waals surface area contributed by atoms with Crippen LogP contribution in [-0.2, 0) is 12.7 Å². The molecule has 1 aromatic carbocycles. The quantitative estimate of drug-likeness (QED) is 0.910. The molecule has 0 aliphatic rings. The molecule has 1 heterocycles. The number of carbonyl (C=O) groups is 1. The van der Waals surface area contributed by atoms with Gasteiger partial charge in [0.2, 0.25) is 0 Å². The van der Waals surface area contributed by atoms with Crippen LogP contribution in [0.2, 0.25) is 5.02 Å². The number of aromatic nitrogens is 2. The molecule has 112 valence electrons. The number of imidazole rings is 1. The van der Waals surface area contributed by atoms with Crippen LogP contribution in [0.4, 0.5) is 19.0 Å². The Morgan fingerprint density at radius 1 is 1.38 bits per heavy atom. The van der Waals surface area contributed by atoms with E-state index in [2.05, 4.69) is 4.98 Å². The lowest BCUT2D eigenvalue weighted by Crippen LogP contribution is -2.15. The zero-order valence-electron chi connectivity index (χ0n) is 10.5. The van der Waals surface area contributed by atoms with E-state index in [1.807, 2.05) is 0 Å². The summed E-state index contributed by atoms with van der Waals surface area (Å²) < 4.78 is 39.6. The summed E-state index contributed by atoms with van der Waals surface area (Å²) in [4.78, 5) is 14.7. The number of anilines is 1. The zero-order chi connectivity index (χ0) is 15.8. The summed E-state index contributed by atoms with van der Waals surface area (Å²) in [5, 5.41) is -0.386. The van der Waals surface area contributed by atoms with Crippen molar-refractivity contribution in [1.29, 1.82) is 0 Å². The first-order chi connectivity index (χ1) is 9.70. The van der Waals surface area contributed by atoms with E-state index >= 15 is 0 Å². The number of hydrogen-bond acceptors (Lipinski definition) is 3. The first-order valence-corrected chi connectivity index (χ1v) is 6.04. The Morgan fingerprint density at radius 2 is 2.05 bits per heavy atom. The van der Waals surface area contributed by atoms with Crippen LogP contribution in [-0.4, -0.2) is 15.5 Å². The third kappa shape index (κ3) is 3.10. The predicted octanol–water partition coefficient (Wildman–Crippen LogP) is 2.28. The van der Waals surface area contributed by atoms with E-state index in [-0.39, 0.29) is 23.1 Å². The van der Waals surface area contributed by atoms with Crippen LogP contribution >= 0.6 is 11.6 Å². The summed E-state index contributed by atoms with van der Waals surface area (Å²) in [6, 6.07) is 3.51. The number of amides is 1. The van der Waals surface area contributed by atoms with Gasteiger partial charge in [-0.15, -0.1) is 0 Å². The number of alkyl halides is 3. The van der Waals surface area contributed by atoms with E-state index in [1.165, 1.54) is 17.0 Å². The summed E-state index contributed by atoms with van der Waals surface area (Å²) in [5.41, 5.74) is 9.97. The Hall–Kier alpha value is -2.22. The van der Waals surface area contributed by atoms with Crippen LogP contribution in [0.25, 0.3) is 0 Å². The molecular formula is C12H10ClF3N4O. The Bertz CT molecular complexity index is 696. The van der Waals surface area contributed by atoms with Crippen molar-refractivity contribution in [2.45, 2.75) is 12.7 Å². The Balaban J connectivity index is 2.35. The molecule has 0 atom stereocenters. The summed E-state index contributed by atoms with van der Waals surface area (Å²) >= 11 is 5.54. The molecule has 9 heteroatoms. The SMILES string of the molecule is NC(=O)c1ncn(Cc2ccc(Cl)c(C(F)(F)F)c2)c1N. The molecule has 0 unspecified atom stereocenters. The molecule has 0 bridgehead atoms. The molecule has 2 rings (SSSR count). The first kappa shape index (κ1) is 15.2. The van der Waals surface area contributed by atoms with E-state index in [0.29, 0.717) is 5.56 Å². The molecule has 0 radical (unpaired) electrons. The predicted molar refractivity (Wildman–Crippen MR) is 70.7 cm³/mol. The number of nitrogens with zero attached hydrogens (tertiary/aromatic N) is 2. The van der Waals surface area contributed by atoms with E-state index < -0.39 is 17.6 Å². The van der Waals surface area contributed by atoms with Crippen molar-refractivity contribution in [3.8, 4) is 0 Å². The molecule has 0 aliphatic heterocycles. The average Bonchev–Trinajstić information content (AvgIpc) is 2.72. The molecule has 21 heavy (non-hydrogen) atoms. The molecule has 4 N–H and O–H groups in total. The van der Waals surface area contributed by atoms with Gasteiger partial charge < -0.3 is 16.0 Å². The van der Waals surface area contributed by atoms with Gasteiger partial charge in [0.05, 0.1) is 23.5 Å². The van der Waals surface area contributed by atoms with Gasteiger partial charge in [0.25, 0.3) is 5.91 Å². The number of rotatable bonds is 3. The molecule has 0 aliphatic carbocycles. The zero-order valence-corrected chi connectivity index (χ0v) is 11.2. The highest BCUT2D eigenvalue weighted by molar-refractivity contribution is 6.31. The van der Waals surface area contributed by atoms with Gasteiger partial charge in [-0.05, 0) is 17.7 Å². The maximum Gasteiger partial charge on any atom is 0.417 e. The van der Waals surface area contributed by atoms with Gasteiger partial charge in [-0.2, -0.15) is 13.2 Å². The summed E-state index contributed by atoms with van der Waals surface area (Å²) in [6.07, 6.45) is -3.32. The van der Waals surface area contributed by atoms with Gasteiger partial charge in [-0.3, -0.25) is 4.79 Å². The molecule has 1 aromatic heterocycles. The van der Waals surface area contributed by atoms with Crippen molar-refractivity contribution in [1.82, 2.24) is 9.55 Å². The van der Waals surface area contributed by atoms with E-state index in [1.54, 1.807) is 0 Å². The van der Waals surface area contributed by atoms with Crippen molar-refractivity contribution in [3.05, 3.63) is 46.4 Å². The number of nitrogen functional groups attached to an aromatic ring is 1. The summed E-state index contributed by atoms with van der Waals surface area (Å²) in [7, 11) is 0. The number of nitrogens with two attached hydrogens (primary N) is 2. The number of carbonyl (C=O) groups excluding carboxylic acids is 1. The second-order valence-electron chi connectivity index (χ2n) is 4.28. The van der Waals surface area contributed by atoms with Gasteiger partial charge >= 0.3 is 6.18 Å². The van der Waals surface area contributed by atoms with Crippen molar-refractivity contribution in [2.75, 3.05) is 5.73 Å². The molecule has 0 spiro atoms. The minimum absolute atomic E-state index is 0.00631. The monoisotopic (exact) mass is 318 g/mol. The fraction of sp³-hybridized carbons (Fsp3) is 0.167. The van der Waals surface area contributed by atoms with E-state index in [9.17, 15) is 18.0 Å². The highest BCUT2D eigenvalue weighted by atomic mass is 35.5. The smallest absolute Gasteiger partial charge is 0.383 e. The van der Waals surface area contributed by atoms with Crippen LogP contribution in [0.3, 0.4) is 0 Å². The minimum atomic E-state index is -4.55. The topological polar surface area (TPSA) is 86.9 Å². The number of benzene rings is 1. The number of hydrogen-bond donors (Lipinski definition) is 2.